The fourth-order valence-corrected chi connectivity index (χ4v) is 2.49. The summed E-state index contributed by atoms with van der Waals surface area (Å²) >= 11 is 0. The molecular formula is C20H22N4O2. The summed E-state index contributed by atoms with van der Waals surface area (Å²) in [5.41, 5.74) is 3.69. The second-order valence-corrected chi connectivity index (χ2v) is 7.17. The van der Waals surface area contributed by atoms with Gasteiger partial charge in [-0.3, -0.25) is 10.3 Å². The molecule has 0 aliphatic heterocycles. The van der Waals surface area contributed by atoms with Crippen molar-refractivity contribution in [2.24, 2.45) is 0 Å². The zero-order valence-corrected chi connectivity index (χ0v) is 15.3. The van der Waals surface area contributed by atoms with Gasteiger partial charge in [-0.05, 0) is 47.9 Å². The predicted octanol–water partition coefficient (Wildman–Crippen LogP) is 4.99. The minimum atomic E-state index is -0.362. The van der Waals surface area contributed by atoms with Crippen molar-refractivity contribution in [3.05, 3.63) is 60.1 Å². The molecule has 3 rings (SSSR count). The number of benzene rings is 1. The van der Waals surface area contributed by atoms with Crippen molar-refractivity contribution < 1.29 is 9.32 Å². The van der Waals surface area contributed by atoms with Gasteiger partial charge in [0.25, 0.3) is 0 Å². The SMILES string of the molecule is Cc1cc(-c2ccncc2)ccc1NC(=O)Nc1cc(C(C)(C)C)on1. The first-order valence-corrected chi connectivity index (χ1v) is 8.39. The lowest BCUT2D eigenvalue weighted by Crippen LogP contribution is -2.20. The average molecular weight is 350 g/mol. The van der Waals surface area contributed by atoms with Gasteiger partial charge in [0, 0.05) is 29.6 Å². The molecule has 0 fully saturated rings. The topological polar surface area (TPSA) is 80.0 Å². The first-order chi connectivity index (χ1) is 12.3. The Bertz CT molecular complexity index is 911. The van der Waals surface area contributed by atoms with Gasteiger partial charge in [0.2, 0.25) is 0 Å². The Balaban J connectivity index is 1.69. The maximum absolute atomic E-state index is 12.2. The molecule has 0 aliphatic carbocycles. The van der Waals surface area contributed by atoms with E-state index in [4.69, 9.17) is 4.52 Å². The van der Waals surface area contributed by atoms with Crippen LogP contribution in [0.1, 0.15) is 32.1 Å². The number of aryl methyl sites for hydroxylation is 1. The third kappa shape index (κ3) is 4.08. The van der Waals surface area contributed by atoms with E-state index in [0.29, 0.717) is 11.6 Å². The quantitative estimate of drug-likeness (QED) is 0.697. The molecule has 2 aromatic heterocycles. The minimum absolute atomic E-state index is 0.164. The van der Waals surface area contributed by atoms with Crippen molar-refractivity contribution in [3.8, 4) is 11.1 Å². The maximum Gasteiger partial charge on any atom is 0.324 e. The number of amides is 2. The van der Waals surface area contributed by atoms with E-state index in [0.717, 1.165) is 22.4 Å². The average Bonchev–Trinajstić information content (AvgIpc) is 3.06. The number of nitrogens with one attached hydrogen (secondary N) is 2. The molecule has 2 heterocycles. The van der Waals surface area contributed by atoms with Crippen molar-refractivity contribution in [2.75, 3.05) is 10.6 Å². The number of hydrogen-bond acceptors (Lipinski definition) is 4. The summed E-state index contributed by atoms with van der Waals surface area (Å²) in [5.74, 6) is 1.10. The van der Waals surface area contributed by atoms with Gasteiger partial charge in [-0.15, -0.1) is 0 Å². The summed E-state index contributed by atoms with van der Waals surface area (Å²) in [6.07, 6.45) is 3.52. The maximum atomic E-state index is 12.2. The highest BCUT2D eigenvalue weighted by Crippen LogP contribution is 2.26. The molecule has 2 N–H and O–H groups in total. The molecule has 0 saturated heterocycles. The zero-order valence-electron chi connectivity index (χ0n) is 15.3. The van der Waals surface area contributed by atoms with E-state index in [-0.39, 0.29) is 11.4 Å². The third-order valence-electron chi connectivity index (χ3n) is 3.98. The smallest absolute Gasteiger partial charge is 0.324 e. The standard InChI is InChI=1S/C20H22N4O2/c1-13-11-15(14-7-9-21-10-8-14)5-6-16(13)22-19(25)23-18-12-17(26-24-18)20(2,3)4/h5-12H,1-4H3,(H2,22,23,24,25). The number of hydrogen-bond donors (Lipinski definition) is 2. The molecule has 0 radical (unpaired) electrons. The van der Waals surface area contributed by atoms with E-state index in [9.17, 15) is 4.79 Å². The molecule has 6 nitrogen and oxygen atoms in total. The van der Waals surface area contributed by atoms with Crippen LogP contribution in [0.4, 0.5) is 16.3 Å². The van der Waals surface area contributed by atoms with Crippen LogP contribution in [0.25, 0.3) is 11.1 Å². The molecule has 0 spiro atoms. The summed E-state index contributed by atoms with van der Waals surface area (Å²) in [6, 6.07) is 11.1. The molecule has 0 bridgehead atoms. The molecule has 6 heteroatoms. The fourth-order valence-electron chi connectivity index (χ4n) is 2.49. The normalized spacial score (nSPS) is 11.2. The van der Waals surface area contributed by atoms with E-state index in [1.165, 1.54) is 0 Å². The van der Waals surface area contributed by atoms with Gasteiger partial charge in [0.1, 0.15) is 5.76 Å². The van der Waals surface area contributed by atoms with Crippen molar-refractivity contribution in [3.63, 3.8) is 0 Å². The van der Waals surface area contributed by atoms with E-state index in [1.54, 1.807) is 18.5 Å². The van der Waals surface area contributed by atoms with Crippen LogP contribution in [0, 0.1) is 6.92 Å². The summed E-state index contributed by atoms with van der Waals surface area (Å²) < 4.78 is 5.27. The van der Waals surface area contributed by atoms with Crippen LogP contribution in [0.15, 0.2) is 53.3 Å². The van der Waals surface area contributed by atoms with Crippen LogP contribution in [0.3, 0.4) is 0 Å². The number of pyridine rings is 1. The Morgan fingerprint density at radius 2 is 1.73 bits per heavy atom. The molecule has 0 unspecified atom stereocenters. The Kier molecular flexibility index (Phi) is 4.75. The van der Waals surface area contributed by atoms with Gasteiger partial charge in [-0.2, -0.15) is 0 Å². The largest absolute Gasteiger partial charge is 0.359 e. The fraction of sp³-hybridized carbons (Fsp3) is 0.250. The van der Waals surface area contributed by atoms with E-state index in [1.807, 2.05) is 58.0 Å². The number of nitrogens with zero attached hydrogens (tertiary/aromatic N) is 2. The highest BCUT2D eigenvalue weighted by atomic mass is 16.5. The van der Waals surface area contributed by atoms with Gasteiger partial charge >= 0.3 is 6.03 Å². The number of anilines is 2. The van der Waals surface area contributed by atoms with Crippen LogP contribution in [-0.2, 0) is 5.41 Å². The van der Waals surface area contributed by atoms with Crippen molar-refractivity contribution in [1.82, 2.24) is 10.1 Å². The highest BCUT2D eigenvalue weighted by Gasteiger charge is 2.20. The summed E-state index contributed by atoms with van der Waals surface area (Å²) in [6.45, 7) is 8.01. The first kappa shape index (κ1) is 17.7. The van der Waals surface area contributed by atoms with Gasteiger partial charge in [-0.1, -0.05) is 32.0 Å². The predicted molar refractivity (Wildman–Crippen MR) is 102 cm³/mol. The van der Waals surface area contributed by atoms with Gasteiger partial charge in [0.05, 0.1) is 0 Å². The van der Waals surface area contributed by atoms with E-state index < -0.39 is 0 Å². The van der Waals surface area contributed by atoms with Crippen LogP contribution in [-0.4, -0.2) is 16.2 Å². The lowest BCUT2D eigenvalue weighted by Gasteiger charge is -2.12. The van der Waals surface area contributed by atoms with Crippen LogP contribution < -0.4 is 10.6 Å². The van der Waals surface area contributed by atoms with Crippen molar-refractivity contribution in [1.29, 1.82) is 0 Å². The van der Waals surface area contributed by atoms with Gasteiger partial charge < -0.3 is 9.84 Å². The highest BCUT2D eigenvalue weighted by molar-refractivity contribution is 5.99. The number of aromatic nitrogens is 2. The van der Waals surface area contributed by atoms with Crippen LogP contribution >= 0.6 is 0 Å². The molecular weight excluding hydrogens is 328 g/mol. The van der Waals surface area contributed by atoms with Gasteiger partial charge in [0.15, 0.2) is 5.82 Å². The Morgan fingerprint density at radius 3 is 2.35 bits per heavy atom. The number of urea groups is 1. The molecule has 3 aromatic rings. The molecule has 0 aliphatic rings. The zero-order chi connectivity index (χ0) is 18.7. The molecule has 0 atom stereocenters. The molecule has 2 amide bonds. The molecule has 26 heavy (non-hydrogen) atoms. The summed E-state index contributed by atoms with van der Waals surface area (Å²) in [5, 5.41) is 9.42. The minimum Gasteiger partial charge on any atom is -0.359 e. The number of carbonyl (C=O) groups is 1. The second-order valence-electron chi connectivity index (χ2n) is 7.17. The second kappa shape index (κ2) is 7.00. The van der Waals surface area contributed by atoms with E-state index >= 15 is 0 Å². The molecule has 134 valence electrons. The number of rotatable bonds is 3. The van der Waals surface area contributed by atoms with Crippen LogP contribution in [0.5, 0.6) is 0 Å². The Hall–Kier alpha value is -3.15. The van der Waals surface area contributed by atoms with E-state index in [2.05, 4.69) is 20.8 Å². The monoisotopic (exact) mass is 350 g/mol. The van der Waals surface area contributed by atoms with Crippen molar-refractivity contribution >= 4 is 17.5 Å². The number of carbonyl (C=O) groups excluding carboxylic acids is 1. The van der Waals surface area contributed by atoms with Gasteiger partial charge in [-0.25, -0.2) is 4.79 Å². The van der Waals surface area contributed by atoms with Crippen LogP contribution in [0.2, 0.25) is 0 Å². The molecule has 0 saturated carbocycles. The van der Waals surface area contributed by atoms with Crippen molar-refractivity contribution in [2.45, 2.75) is 33.1 Å². The molecule has 1 aromatic carbocycles. The lowest BCUT2D eigenvalue weighted by atomic mass is 9.93. The third-order valence-corrected chi connectivity index (χ3v) is 3.98. The Labute approximate surface area is 152 Å². The first-order valence-electron chi connectivity index (χ1n) is 8.39. The lowest BCUT2D eigenvalue weighted by molar-refractivity contribution is 0.262. The summed E-state index contributed by atoms with van der Waals surface area (Å²) in [4.78, 5) is 16.3. The Morgan fingerprint density at radius 1 is 1.00 bits per heavy atom. The summed E-state index contributed by atoms with van der Waals surface area (Å²) in [7, 11) is 0.